The van der Waals surface area contributed by atoms with Crippen molar-refractivity contribution in [1.82, 2.24) is 0 Å². The van der Waals surface area contributed by atoms with Crippen LogP contribution in [-0.4, -0.2) is 32.9 Å². The monoisotopic (exact) mass is 306 g/mol. The molecule has 0 amide bonds. The van der Waals surface area contributed by atoms with E-state index in [1.54, 1.807) is 0 Å². The average molecular weight is 306 g/mol. The van der Waals surface area contributed by atoms with Gasteiger partial charge in [0.15, 0.2) is 0 Å². The Kier molecular flexibility index (Phi) is 6.30. The van der Waals surface area contributed by atoms with Crippen LogP contribution in [0, 0.1) is 0 Å². The van der Waals surface area contributed by atoms with Gasteiger partial charge in [0.05, 0.1) is 11.4 Å². The van der Waals surface area contributed by atoms with Gasteiger partial charge in [0, 0.05) is 0 Å². The van der Waals surface area contributed by atoms with Crippen LogP contribution in [0.5, 0.6) is 0 Å². The zero-order valence-corrected chi connectivity index (χ0v) is 8.85. The molecule has 0 aliphatic carbocycles. The summed E-state index contributed by atoms with van der Waals surface area (Å²) in [5, 5.41) is 0. The first-order chi connectivity index (χ1) is 7.17. The molecule has 0 saturated carbocycles. The van der Waals surface area contributed by atoms with Crippen LogP contribution >= 0.6 is 0 Å². The van der Waals surface area contributed by atoms with Crippen LogP contribution in [0.3, 0.4) is 0 Å². The van der Waals surface area contributed by atoms with Gasteiger partial charge in [-0.25, -0.2) is 8.39 Å². The Hall–Kier alpha value is 0.0374. The predicted octanol–water partition coefficient (Wildman–Crippen LogP) is -0.773. The molecular weight excluding hydrogens is 306 g/mol. The molecule has 0 saturated heterocycles. The first-order valence-electron chi connectivity index (χ1n) is 3.15. The van der Waals surface area contributed by atoms with E-state index in [0.717, 1.165) is 0 Å². The summed E-state index contributed by atoms with van der Waals surface area (Å²) < 4.78 is 128. The van der Waals surface area contributed by atoms with Crippen LogP contribution < -0.4 is 18.9 Å². The number of hydrogen-bond donors (Lipinski definition) is 0. The molecule has 14 heteroatoms. The molecule has 0 N–H and O–H groups in total. The second kappa shape index (κ2) is 5.57. The molecule has 0 aromatic rings. The van der Waals surface area contributed by atoms with Gasteiger partial charge in [-0.15, -0.1) is 0 Å². The van der Waals surface area contributed by atoms with Crippen LogP contribution in [0.4, 0.5) is 39.5 Å². The molecule has 0 radical (unpaired) electrons. The van der Waals surface area contributed by atoms with Crippen LogP contribution in [0.25, 0.3) is 0 Å². The van der Waals surface area contributed by atoms with Gasteiger partial charge in [0.25, 0.3) is 0 Å². The SMILES string of the molecule is O=S([O-])OC(F)(F)C(F)(F)C(F)(F)C(F)(F)F.[Li+]. The van der Waals surface area contributed by atoms with E-state index in [2.05, 4.69) is 0 Å². The van der Waals surface area contributed by atoms with Gasteiger partial charge in [-0.3, -0.25) is 0 Å². The van der Waals surface area contributed by atoms with Crippen LogP contribution in [0.2, 0.25) is 0 Å². The summed E-state index contributed by atoms with van der Waals surface area (Å²) in [6, 6.07) is 0. The van der Waals surface area contributed by atoms with Gasteiger partial charge in [-0.05, 0) is 0 Å². The summed E-state index contributed by atoms with van der Waals surface area (Å²) in [5.41, 5.74) is 0. The van der Waals surface area contributed by atoms with Crippen molar-refractivity contribution >= 4 is 11.4 Å². The summed E-state index contributed by atoms with van der Waals surface area (Å²) >= 11 is -4.42. The second-order valence-electron chi connectivity index (χ2n) is 2.45. The molecule has 1 atom stereocenters. The van der Waals surface area contributed by atoms with E-state index in [0.29, 0.717) is 0 Å². The summed E-state index contributed by atoms with van der Waals surface area (Å²) in [6.45, 7) is 0. The molecule has 0 bridgehead atoms. The molecule has 18 heavy (non-hydrogen) atoms. The van der Waals surface area contributed by atoms with Crippen molar-refractivity contribution in [2.45, 2.75) is 24.1 Å². The number of rotatable bonds is 4. The largest absolute Gasteiger partial charge is 1.00 e. The Morgan fingerprint density at radius 2 is 1.17 bits per heavy atom. The molecule has 0 aromatic carbocycles. The first kappa shape index (κ1) is 20.4. The maximum atomic E-state index is 12.2. The number of halogens is 9. The van der Waals surface area contributed by atoms with Gasteiger partial charge < -0.3 is 4.55 Å². The number of alkyl halides is 9. The van der Waals surface area contributed by atoms with Gasteiger partial charge in [0.2, 0.25) is 0 Å². The van der Waals surface area contributed by atoms with Crippen molar-refractivity contribution in [2.24, 2.45) is 0 Å². The van der Waals surface area contributed by atoms with Crippen LogP contribution in [-0.2, 0) is 15.5 Å². The van der Waals surface area contributed by atoms with Crippen molar-refractivity contribution in [3.05, 3.63) is 0 Å². The van der Waals surface area contributed by atoms with Crippen molar-refractivity contribution < 1.29 is 71.3 Å². The van der Waals surface area contributed by atoms with E-state index < -0.39 is 35.5 Å². The van der Waals surface area contributed by atoms with Gasteiger partial charge in [0.1, 0.15) is 0 Å². The molecule has 0 aliphatic rings. The minimum absolute atomic E-state index is 0. The zero-order valence-electron chi connectivity index (χ0n) is 8.03. The molecule has 0 spiro atoms. The minimum Gasteiger partial charge on any atom is -0.750 e. The van der Waals surface area contributed by atoms with Crippen molar-refractivity contribution in [1.29, 1.82) is 0 Å². The minimum atomic E-state index is -7.18. The molecular formula is C4F9LiO3S. The Labute approximate surface area is 107 Å². The van der Waals surface area contributed by atoms with Crippen molar-refractivity contribution in [2.75, 3.05) is 0 Å². The zero-order chi connectivity index (χ0) is 14.3. The Balaban J connectivity index is 0. The number of hydrogen-bond acceptors (Lipinski definition) is 3. The molecule has 0 aromatic heterocycles. The Morgan fingerprint density at radius 1 is 0.833 bits per heavy atom. The third-order valence-electron chi connectivity index (χ3n) is 1.29. The Bertz CT molecular complexity index is 315. The summed E-state index contributed by atoms with van der Waals surface area (Å²) in [6.07, 6.45) is -13.6. The van der Waals surface area contributed by atoms with Crippen LogP contribution in [0.15, 0.2) is 0 Å². The van der Waals surface area contributed by atoms with E-state index in [1.165, 1.54) is 0 Å². The fourth-order valence-electron chi connectivity index (χ4n) is 0.499. The maximum absolute atomic E-state index is 12.2. The molecule has 3 nitrogen and oxygen atoms in total. The van der Waals surface area contributed by atoms with Crippen molar-refractivity contribution in [3.63, 3.8) is 0 Å². The van der Waals surface area contributed by atoms with E-state index >= 15 is 0 Å². The quantitative estimate of drug-likeness (QED) is 0.389. The second-order valence-corrected chi connectivity index (χ2v) is 3.03. The van der Waals surface area contributed by atoms with E-state index in [9.17, 15) is 48.3 Å². The average Bonchev–Trinajstić information content (AvgIpc) is 1.98. The molecule has 104 valence electrons. The third kappa shape index (κ3) is 3.53. The van der Waals surface area contributed by atoms with E-state index in [1.807, 2.05) is 4.18 Å². The molecule has 0 heterocycles. The van der Waals surface area contributed by atoms with E-state index in [-0.39, 0.29) is 18.9 Å². The maximum Gasteiger partial charge on any atom is 1.00 e. The van der Waals surface area contributed by atoms with Crippen molar-refractivity contribution in [3.8, 4) is 0 Å². The summed E-state index contributed by atoms with van der Waals surface area (Å²) in [4.78, 5) is 0. The standard InChI is InChI=1S/C4HF9O3S.Li/c5-1(6,3(9,10)11)2(7,8)4(12,13)16-17(14)15;/h(H,14,15);/q;+1/p-1. The summed E-state index contributed by atoms with van der Waals surface area (Å²) in [7, 11) is 0. The van der Waals surface area contributed by atoms with Gasteiger partial charge >= 0.3 is 43.0 Å². The molecule has 0 rings (SSSR count). The molecule has 0 fully saturated rings. The molecule has 0 aliphatic heterocycles. The fourth-order valence-corrected chi connectivity index (χ4v) is 0.774. The van der Waals surface area contributed by atoms with Gasteiger partial charge in [-0.1, -0.05) is 0 Å². The first-order valence-corrected chi connectivity index (χ1v) is 4.15. The summed E-state index contributed by atoms with van der Waals surface area (Å²) in [5.74, 6) is -14.3. The smallest absolute Gasteiger partial charge is 0.750 e. The molecule has 1 unspecified atom stereocenters. The Morgan fingerprint density at radius 3 is 1.39 bits per heavy atom. The van der Waals surface area contributed by atoms with E-state index in [4.69, 9.17) is 0 Å². The topological polar surface area (TPSA) is 49.4 Å². The predicted molar refractivity (Wildman–Crippen MR) is 30.9 cm³/mol. The fraction of sp³-hybridized carbons (Fsp3) is 1.00. The normalized spacial score (nSPS) is 16.1. The van der Waals surface area contributed by atoms with Crippen LogP contribution in [0.1, 0.15) is 0 Å². The third-order valence-corrected chi connectivity index (χ3v) is 1.63. The van der Waals surface area contributed by atoms with Gasteiger partial charge in [-0.2, -0.15) is 39.5 Å².